The number of rotatable bonds is 1. The summed E-state index contributed by atoms with van der Waals surface area (Å²) < 4.78 is 0. The van der Waals surface area contributed by atoms with E-state index < -0.39 is 0 Å². The topological polar surface area (TPSA) is 55.0 Å². The number of nitrogen functional groups attached to an aromatic ring is 1. The fourth-order valence-electron chi connectivity index (χ4n) is 1.99. The van der Waals surface area contributed by atoms with Crippen molar-refractivity contribution < 1.29 is 0 Å². The molecular formula is C10H15ClN4. The number of nitrogens with zero attached hydrogens (tertiary/aromatic N) is 3. The Labute approximate surface area is 94.5 Å². The molecule has 0 spiro atoms. The van der Waals surface area contributed by atoms with E-state index in [9.17, 15) is 0 Å². The Morgan fingerprint density at radius 3 is 2.73 bits per heavy atom. The lowest BCUT2D eigenvalue weighted by atomic mass is 10.1. The van der Waals surface area contributed by atoms with E-state index in [1.54, 1.807) is 6.07 Å². The zero-order valence-electron chi connectivity index (χ0n) is 8.94. The van der Waals surface area contributed by atoms with E-state index in [2.05, 4.69) is 28.7 Å². The van der Waals surface area contributed by atoms with Gasteiger partial charge in [0.15, 0.2) is 0 Å². The fourth-order valence-corrected chi connectivity index (χ4v) is 2.17. The second kappa shape index (κ2) is 3.85. The Hall–Kier alpha value is -1.03. The van der Waals surface area contributed by atoms with Crippen LogP contribution in [-0.4, -0.2) is 22.6 Å². The maximum Gasteiger partial charge on any atom is 0.223 e. The molecule has 0 aromatic carbocycles. The third-order valence-electron chi connectivity index (χ3n) is 3.13. The number of aromatic nitrogens is 2. The van der Waals surface area contributed by atoms with Crippen LogP contribution in [0.1, 0.15) is 20.3 Å². The second-order valence-electron chi connectivity index (χ2n) is 4.11. The molecule has 2 atom stereocenters. The molecule has 1 aromatic heterocycles. The number of hydrogen-bond acceptors (Lipinski definition) is 4. The smallest absolute Gasteiger partial charge is 0.223 e. The van der Waals surface area contributed by atoms with Crippen LogP contribution in [0, 0.1) is 5.92 Å². The molecule has 1 aliphatic heterocycles. The van der Waals surface area contributed by atoms with Gasteiger partial charge in [-0.2, -0.15) is 4.98 Å². The summed E-state index contributed by atoms with van der Waals surface area (Å²) >= 11 is 5.85. The van der Waals surface area contributed by atoms with Crippen molar-refractivity contribution >= 4 is 23.4 Å². The molecular weight excluding hydrogens is 212 g/mol. The van der Waals surface area contributed by atoms with Gasteiger partial charge in [-0.25, -0.2) is 4.98 Å². The van der Waals surface area contributed by atoms with Crippen molar-refractivity contribution in [2.75, 3.05) is 17.2 Å². The van der Waals surface area contributed by atoms with Gasteiger partial charge in [0, 0.05) is 18.7 Å². The predicted molar refractivity (Wildman–Crippen MR) is 62.0 cm³/mol. The SMILES string of the molecule is CC1CCN(c2cc(Cl)nc(N)n2)C1C. The minimum atomic E-state index is 0.240. The van der Waals surface area contributed by atoms with Crippen molar-refractivity contribution in [2.45, 2.75) is 26.3 Å². The molecule has 0 saturated carbocycles. The number of halogens is 1. The summed E-state index contributed by atoms with van der Waals surface area (Å²) in [5, 5.41) is 0.407. The van der Waals surface area contributed by atoms with E-state index in [-0.39, 0.29) is 5.95 Å². The summed E-state index contributed by atoms with van der Waals surface area (Å²) in [6.07, 6.45) is 1.18. The molecule has 82 valence electrons. The van der Waals surface area contributed by atoms with E-state index in [0.29, 0.717) is 17.1 Å². The second-order valence-corrected chi connectivity index (χ2v) is 4.49. The lowest BCUT2D eigenvalue weighted by Gasteiger charge is -2.24. The molecule has 2 rings (SSSR count). The van der Waals surface area contributed by atoms with Gasteiger partial charge in [0.2, 0.25) is 5.95 Å². The van der Waals surface area contributed by atoms with Gasteiger partial charge in [-0.05, 0) is 19.3 Å². The molecule has 2 N–H and O–H groups in total. The molecule has 0 radical (unpaired) electrons. The molecule has 1 fully saturated rings. The Morgan fingerprint density at radius 2 is 2.20 bits per heavy atom. The van der Waals surface area contributed by atoms with Crippen LogP contribution >= 0.6 is 11.6 Å². The van der Waals surface area contributed by atoms with E-state index in [4.69, 9.17) is 17.3 Å². The predicted octanol–water partition coefficient (Wildman–Crippen LogP) is 1.95. The van der Waals surface area contributed by atoms with Crippen molar-refractivity contribution in [1.29, 1.82) is 0 Å². The first kappa shape index (κ1) is 10.5. The van der Waals surface area contributed by atoms with Crippen molar-refractivity contribution in [1.82, 2.24) is 9.97 Å². The molecule has 2 unspecified atom stereocenters. The van der Waals surface area contributed by atoms with Crippen LogP contribution in [0.25, 0.3) is 0 Å². The summed E-state index contributed by atoms with van der Waals surface area (Å²) in [5.41, 5.74) is 5.57. The van der Waals surface area contributed by atoms with E-state index >= 15 is 0 Å². The van der Waals surface area contributed by atoms with Gasteiger partial charge in [0.1, 0.15) is 11.0 Å². The summed E-state index contributed by atoms with van der Waals surface area (Å²) in [6.45, 7) is 5.45. The Morgan fingerprint density at radius 1 is 1.47 bits per heavy atom. The summed E-state index contributed by atoms with van der Waals surface area (Å²) in [5.74, 6) is 1.76. The van der Waals surface area contributed by atoms with E-state index in [0.717, 1.165) is 12.4 Å². The van der Waals surface area contributed by atoms with E-state index in [1.807, 2.05) is 0 Å². The molecule has 2 heterocycles. The first-order chi connectivity index (χ1) is 7.08. The molecule has 5 heteroatoms. The quantitative estimate of drug-likeness (QED) is 0.744. The van der Waals surface area contributed by atoms with Gasteiger partial charge >= 0.3 is 0 Å². The van der Waals surface area contributed by atoms with Gasteiger partial charge in [0.25, 0.3) is 0 Å². The van der Waals surface area contributed by atoms with Gasteiger partial charge in [0.05, 0.1) is 0 Å². The molecule has 0 amide bonds. The minimum Gasteiger partial charge on any atom is -0.368 e. The van der Waals surface area contributed by atoms with Crippen LogP contribution in [0.4, 0.5) is 11.8 Å². The lowest BCUT2D eigenvalue weighted by Crippen LogP contribution is -2.30. The van der Waals surface area contributed by atoms with Crippen molar-refractivity contribution in [3.8, 4) is 0 Å². The third kappa shape index (κ3) is 2.00. The zero-order chi connectivity index (χ0) is 11.0. The maximum atomic E-state index is 5.85. The zero-order valence-corrected chi connectivity index (χ0v) is 9.70. The van der Waals surface area contributed by atoms with Crippen LogP contribution < -0.4 is 10.6 Å². The molecule has 1 saturated heterocycles. The van der Waals surface area contributed by atoms with Crippen LogP contribution in [-0.2, 0) is 0 Å². The number of hydrogen-bond donors (Lipinski definition) is 1. The van der Waals surface area contributed by atoms with E-state index in [1.165, 1.54) is 6.42 Å². The first-order valence-electron chi connectivity index (χ1n) is 5.14. The Bertz CT molecular complexity index is 348. The molecule has 0 bridgehead atoms. The van der Waals surface area contributed by atoms with Crippen LogP contribution in [0.2, 0.25) is 5.15 Å². The normalized spacial score (nSPS) is 25.9. The van der Waals surface area contributed by atoms with Gasteiger partial charge < -0.3 is 10.6 Å². The third-order valence-corrected chi connectivity index (χ3v) is 3.33. The summed E-state index contributed by atoms with van der Waals surface area (Å²) in [4.78, 5) is 10.3. The van der Waals surface area contributed by atoms with Crippen LogP contribution in [0.3, 0.4) is 0 Å². The number of nitrogens with two attached hydrogens (primary N) is 1. The first-order valence-corrected chi connectivity index (χ1v) is 5.52. The highest BCUT2D eigenvalue weighted by Gasteiger charge is 2.28. The van der Waals surface area contributed by atoms with Crippen molar-refractivity contribution in [3.05, 3.63) is 11.2 Å². The minimum absolute atomic E-state index is 0.240. The average Bonchev–Trinajstić information content (AvgIpc) is 2.46. The lowest BCUT2D eigenvalue weighted by molar-refractivity contribution is 0.544. The largest absolute Gasteiger partial charge is 0.368 e. The highest BCUT2D eigenvalue weighted by Crippen LogP contribution is 2.29. The van der Waals surface area contributed by atoms with Crippen molar-refractivity contribution in [2.24, 2.45) is 5.92 Å². The standard InChI is InChI=1S/C10H15ClN4/c1-6-3-4-15(7(6)2)9-5-8(11)13-10(12)14-9/h5-7H,3-4H2,1-2H3,(H2,12,13,14). The monoisotopic (exact) mass is 226 g/mol. The summed E-state index contributed by atoms with van der Waals surface area (Å²) in [7, 11) is 0. The van der Waals surface area contributed by atoms with Gasteiger partial charge in [-0.15, -0.1) is 0 Å². The Balaban J connectivity index is 2.30. The van der Waals surface area contributed by atoms with Gasteiger partial charge in [-0.1, -0.05) is 18.5 Å². The van der Waals surface area contributed by atoms with Crippen LogP contribution in [0.5, 0.6) is 0 Å². The molecule has 15 heavy (non-hydrogen) atoms. The number of anilines is 2. The average molecular weight is 227 g/mol. The highest BCUT2D eigenvalue weighted by atomic mass is 35.5. The van der Waals surface area contributed by atoms with Crippen LogP contribution in [0.15, 0.2) is 6.07 Å². The molecule has 1 aromatic rings. The molecule has 1 aliphatic rings. The molecule has 0 aliphatic carbocycles. The highest BCUT2D eigenvalue weighted by molar-refractivity contribution is 6.29. The van der Waals surface area contributed by atoms with Crippen molar-refractivity contribution in [3.63, 3.8) is 0 Å². The fraction of sp³-hybridized carbons (Fsp3) is 0.600. The van der Waals surface area contributed by atoms with Gasteiger partial charge in [-0.3, -0.25) is 0 Å². The Kier molecular flexibility index (Phi) is 2.69. The summed E-state index contributed by atoms with van der Waals surface area (Å²) in [6, 6.07) is 2.25. The maximum absolute atomic E-state index is 5.85. The molecule has 4 nitrogen and oxygen atoms in total.